The molecule has 1 aliphatic rings. The van der Waals surface area contributed by atoms with Crippen LogP contribution in [0, 0.1) is 5.82 Å². The highest BCUT2D eigenvalue weighted by Crippen LogP contribution is 2.22. The molecule has 5 rings (SSSR count). The van der Waals surface area contributed by atoms with E-state index in [1.807, 2.05) is 47.1 Å². The van der Waals surface area contributed by atoms with Gasteiger partial charge in [0.2, 0.25) is 0 Å². The van der Waals surface area contributed by atoms with Crippen molar-refractivity contribution in [3.63, 3.8) is 0 Å². The van der Waals surface area contributed by atoms with Crippen molar-refractivity contribution in [2.75, 3.05) is 38.2 Å². The Hall–Kier alpha value is -3.71. The van der Waals surface area contributed by atoms with Crippen molar-refractivity contribution in [1.82, 2.24) is 19.7 Å². The normalized spacial score (nSPS) is 14.4. The molecule has 0 bridgehead atoms. The summed E-state index contributed by atoms with van der Waals surface area (Å²) in [6.07, 6.45) is 0. The van der Waals surface area contributed by atoms with Gasteiger partial charge in [0.1, 0.15) is 11.6 Å². The molecule has 0 aliphatic carbocycles. The summed E-state index contributed by atoms with van der Waals surface area (Å²) in [6, 6.07) is 24.9. The number of nitrogens with zero attached hydrogens (tertiary/aromatic N) is 5. The van der Waals surface area contributed by atoms with Crippen molar-refractivity contribution in [2.45, 2.75) is 13.1 Å². The summed E-state index contributed by atoms with van der Waals surface area (Å²) >= 11 is 0. The van der Waals surface area contributed by atoms with Crippen molar-refractivity contribution in [2.24, 2.45) is 0 Å². The minimum atomic E-state index is -0.236. The van der Waals surface area contributed by atoms with E-state index in [-0.39, 0.29) is 5.82 Å². The van der Waals surface area contributed by atoms with E-state index < -0.39 is 0 Å². The molecule has 2 heterocycles. The van der Waals surface area contributed by atoms with Gasteiger partial charge >= 0.3 is 0 Å². The number of anilines is 1. The molecular formula is C27H28FN5O. The number of rotatable bonds is 7. The summed E-state index contributed by atoms with van der Waals surface area (Å²) in [5.74, 6) is 2.27. The second kappa shape index (κ2) is 10.1. The third-order valence-electron chi connectivity index (χ3n) is 6.17. The summed E-state index contributed by atoms with van der Waals surface area (Å²) in [7, 11) is 1.69. The topological polar surface area (TPSA) is 46.4 Å². The van der Waals surface area contributed by atoms with E-state index in [1.165, 1.54) is 17.8 Å². The summed E-state index contributed by atoms with van der Waals surface area (Å²) < 4.78 is 20.5. The number of methoxy groups -OCH3 is 1. The van der Waals surface area contributed by atoms with E-state index in [1.54, 1.807) is 19.2 Å². The summed E-state index contributed by atoms with van der Waals surface area (Å²) in [6.45, 7) is 5.04. The Labute approximate surface area is 199 Å². The molecule has 0 spiro atoms. The largest absolute Gasteiger partial charge is 0.497 e. The van der Waals surface area contributed by atoms with Gasteiger partial charge in [-0.25, -0.2) is 14.1 Å². The van der Waals surface area contributed by atoms with Gasteiger partial charge in [-0.05, 0) is 42.0 Å². The maximum atomic E-state index is 13.4. The fourth-order valence-electron chi connectivity index (χ4n) is 4.29. The predicted octanol–water partition coefficient (Wildman–Crippen LogP) is 4.46. The average molecular weight is 458 g/mol. The molecule has 0 atom stereocenters. The average Bonchev–Trinajstić information content (AvgIpc) is 3.28. The summed E-state index contributed by atoms with van der Waals surface area (Å²) in [5, 5.41) is 4.84. The van der Waals surface area contributed by atoms with Gasteiger partial charge in [-0.15, -0.1) is 0 Å². The van der Waals surface area contributed by atoms with Crippen LogP contribution < -0.4 is 9.64 Å². The highest BCUT2D eigenvalue weighted by Gasteiger charge is 2.20. The lowest BCUT2D eigenvalue weighted by molar-refractivity contribution is 0.244. The van der Waals surface area contributed by atoms with E-state index in [0.29, 0.717) is 13.1 Å². The number of halogens is 1. The fourth-order valence-corrected chi connectivity index (χ4v) is 4.29. The van der Waals surface area contributed by atoms with Gasteiger partial charge in [-0.2, -0.15) is 5.10 Å². The molecular weight excluding hydrogens is 429 g/mol. The van der Waals surface area contributed by atoms with Crippen LogP contribution in [-0.2, 0) is 13.1 Å². The Kier molecular flexibility index (Phi) is 6.53. The third-order valence-corrected chi connectivity index (χ3v) is 6.17. The lowest BCUT2D eigenvalue weighted by Crippen LogP contribution is -2.46. The van der Waals surface area contributed by atoms with Gasteiger partial charge in [0.15, 0.2) is 11.6 Å². The van der Waals surface area contributed by atoms with Gasteiger partial charge in [0.25, 0.3) is 0 Å². The van der Waals surface area contributed by atoms with Gasteiger partial charge in [0, 0.05) is 37.4 Å². The molecule has 0 unspecified atom stereocenters. The van der Waals surface area contributed by atoms with E-state index in [4.69, 9.17) is 14.8 Å². The number of piperazine rings is 1. The maximum absolute atomic E-state index is 13.4. The number of ether oxygens (including phenoxy) is 1. The number of aromatic nitrogens is 3. The monoisotopic (exact) mass is 457 g/mol. The second-order valence-electron chi connectivity index (χ2n) is 8.46. The SMILES string of the molecule is COc1ccc(N2CCN(Cc3nc(-c4ccccc4)n(Cc4ccc(F)cc4)n3)CC2)cc1. The molecule has 4 aromatic rings. The van der Waals surface area contributed by atoms with Crippen LogP contribution in [0.25, 0.3) is 11.4 Å². The van der Waals surface area contributed by atoms with Crippen LogP contribution >= 0.6 is 0 Å². The minimum Gasteiger partial charge on any atom is -0.497 e. The van der Waals surface area contributed by atoms with Crippen molar-refractivity contribution in [1.29, 1.82) is 0 Å². The first-order valence-corrected chi connectivity index (χ1v) is 11.5. The lowest BCUT2D eigenvalue weighted by Gasteiger charge is -2.35. The predicted molar refractivity (Wildman–Crippen MR) is 131 cm³/mol. The zero-order valence-electron chi connectivity index (χ0n) is 19.3. The highest BCUT2D eigenvalue weighted by atomic mass is 19.1. The van der Waals surface area contributed by atoms with Gasteiger partial charge < -0.3 is 9.64 Å². The summed E-state index contributed by atoms with van der Waals surface area (Å²) in [5.41, 5.74) is 3.23. The number of benzene rings is 3. The van der Waals surface area contributed by atoms with Crippen LogP contribution in [0.5, 0.6) is 5.75 Å². The molecule has 1 fully saturated rings. The van der Waals surface area contributed by atoms with Crippen LogP contribution in [0.15, 0.2) is 78.9 Å². The Morgan fingerprint density at radius 3 is 2.21 bits per heavy atom. The van der Waals surface area contributed by atoms with Crippen LogP contribution in [0.2, 0.25) is 0 Å². The lowest BCUT2D eigenvalue weighted by atomic mass is 10.2. The Balaban J connectivity index is 1.29. The first-order valence-electron chi connectivity index (χ1n) is 11.5. The van der Waals surface area contributed by atoms with Crippen LogP contribution in [0.3, 0.4) is 0 Å². The first-order chi connectivity index (χ1) is 16.7. The molecule has 7 heteroatoms. The van der Waals surface area contributed by atoms with Gasteiger partial charge in [-0.1, -0.05) is 42.5 Å². The molecule has 3 aromatic carbocycles. The molecule has 0 saturated carbocycles. The molecule has 174 valence electrons. The van der Waals surface area contributed by atoms with Crippen molar-refractivity contribution >= 4 is 5.69 Å². The number of hydrogen-bond donors (Lipinski definition) is 0. The standard InChI is InChI=1S/C27H28FN5O/c1-34-25-13-11-24(12-14-25)32-17-15-31(16-18-32)20-26-29-27(22-5-3-2-4-6-22)33(30-26)19-21-7-9-23(28)10-8-21/h2-14H,15-20H2,1H3. The van der Waals surface area contributed by atoms with Crippen molar-refractivity contribution in [3.05, 3.63) is 96.1 Å². The zero-order chi connectivity index (χ0) is 23.3. The molecule has 34 heavy (non-hydrogen) atoms. The number of hydrogen-bond acceptors (Lipinski definition) is 5. The zero-order valence-corrected chi connectivity index (χ0v) is 19.3. The van der Waals surface area contributed by atoms with Crippen LogP contribution in [0.1, 0.15) is 11.4 Å². The van der Waals surface area contributed by atoms with Crippen LogP contribution in [0.4, 0.5) is 10.1 Å². The maximum Gasteiger partial charge on any atom is 0.165 e. The third kappa shape index (κ3) is 5.10. The quantitative estimate of drug-likeness (QED) is 0.410. The van der Waals surface area contributed by atoms with E-state index in [9.17, 15) is 4.39 Å². The fraction of sp³-hybridized carbons (Fsp3) is 0.259. The van der Waals surface area contributed by atoms with E-state index in [0.717, 1.165) is 54.7 Å². The Morgan fingerprint density at radius 2 is 1.53 bits per heavy atom. The summed E-state index contributed by atoms with van der Waals surface area (Å²) in [4.78, 5) is 9.68. The highest BCUT2D eigenvalue weighted by molar-refractivity contribution is 5.55. The van der Waals surface area contributed by atoms with E-state index >= 15 is 0 Å². The van der Waals surface area contributed by atoms with Gasteiger partial charge in [0.05, 0.1) is 20.2 Å². The molecule has 1 aliphatic heterocycles. The second-order valence-corrected chi connectivity index (χ2v) is 8.46. The van der Waals surface area contributed by atoms with Crippen molar-refractivity contribution in [3.8, 4) is 17.1 Å². The molecule has 0 N–H and O–H groups in total. The smallest absolute Gasteiger partial charge is 0.165 e. The molecule has 6 nitrogen and oxygen atoms in total. The van der Waals surface area contributed by atoms with Crippen LogP contribution in [-0.4, -0.2) is 53.0 Å². The Bertz CT molecular complexity index is 1200. The molecule has 1 aromatic heterocycles. The van der Waals surface area contributed by atoms with Crippen molar-refractivity contribution < 1.29 is 9.13 Å². The molecule has 0 radical (unpaired) electrons. The first kappa shape index (κ1) is 22.1. The van der Waals surface area contributed by atoms with Gasteiger partial charge in [-0.3, -0.25) is 4.90 Å². The molecule has 0 amide bonds. The minimum absolute atomic E-state index is 0.236. The molecule has 1 saturated heterocycles. The Morgan fingerprint density at radius 1 is 0.824 bits per heavy atom. The van der Waals surface area contributed by atoms with E-state index in [2.05, 4.69) is 21.9 Å².